The summed E-state index contributed by atoms with van der Waals surface area (Å²) in [7, 11) is 0. The summed E-state index contributed by atoms with van der Waals surface area (Å²) in [4.78, 5) is 28.9. The van der Waals surface area contributed by atoms with E-state index in [0.717, 1.165) is 35.8 Å². The van der Waals surface area contributed by atoms with Crippen LogP contribution in [0.4, 0.5) is 5.69 Å². The lowest BCUT2D eigenvalue weighted by Gasteiger charge is -2.19. The zero-order valence-corrected chi connectivity index (χ0v) is 17.8. The molecular weight excluding hydrogens is 394 g/mol. The summed E-state index contributed by atoms with van der Waals surface area (Å²) in [6, 6.07) is 15.1. The second-order valence-corrected chi connectivity index (χ2v) is 8.78. The minimum Gasteiger partial charge on any atom is -0.351 e. The highest BCUT2D eigenvalue weighted by molar-refractivity contribution is 8.04. The Labute approximate surface area is 181 Å². The highest BCUT2D eigenvalue weighted by Gasteiger charge is 2.20. The minimum absolute atomic E-state index is 0.0530. The molecule has 0 unspecified atom stereocenters. The largest absolute Gasteiger partial charge is 0.351 e. The molecule has 6 heteroatoms. The molecule has 0 aromatic heterocycles. The van der Waals surface area contributed by atoms with E-state index in [4.69, 9.17) is 0 Å². The highest BCUT2D eigenvalue weighted by atomic mass is 32.2. The SMILES string of the molecule is O=C1Nc2ccccc2SC1=Cc1ccc(C(=O)NCCN2CCCCCC2)cc1. The molecule has 2 aliphatic heterocycles. The average Bonchev–Trinajstić information content (AvgIpc) is 3.03. The number of rotatable bonds is 5. The number of hydrogen-bond donors (Lipinski definition) is 2. The van der Waals surface area contributed by atoms with Crippen molar-refractivity contribution in [2.75, 3.05) is 31.5 Å². The van der Waals surface area contributed by atoms with Crippen LogP contribution in [0.15, 0.2) is 58.3 Å². The lowest BCUT2D eigenvalue weighted by Crippen LogP contribution is -2.35. The fourth-order valence-corrected chi connectivity index (χ4v) is 4.73. The second kappa shape index (κ2) is 9.96. The predicted molar refractivity (Wildman–Crippen MR) is 123 cm³/mol. The van der Waals surface area contributed by atoms with E-state index in [1.807, 2.05) is 54.6 Å². The Balaban J connectivity index is 1.33. The van der Waals surface area contributed by atoms with Crippen molar-refractivity contribution >= 4 is 35.3 Å². The first kappa shape index (κ1) is 20.7. The molecule has 156 valence electrons. The molecule has 5 nitrogen and oxygen atoms in total. The van der Waals surface area contributed by atoms with Crippen molar-refractivity contribution in [3.05, 3.63) is 64.6 Å². The molecule has 30 heavy (non-hydrogen) atoms. The number of fused-ring (bicyclic) bond motifs is 1. The van der Waals surface area contributed by atoms with Gasteiger partial charge >= 0.3 is 0 Å². The summed E-state index contributed by atoms with van der Waals surface area (Å²) >= 11 is 1.46. The minimum atomic E-state index is -0.103. The maximum absolute atomic E-state index is 12.4. The van der Waals surface area contributed by atoms with Crippen molar-refractivity contribution < 1.29 is 9.59 Å². The molecule has 0 atom stereocenters. The average molecular weight is 422 g/mol. The van der Waals surface area contributed by atoms with E-state index >= 15 is 0 Å². The first-order valence-electron chi connectivity index (χ1n) is 10.6. The van der Waals surface area contributed by atoms with Crippen molar-refractivity contribution in [1.82, 2.24) is 10.2 Å². The number of nitrogens with one attached hydrogen (secondary N) is 2. The van der Waals surface area contributed by atoms with Crippen molar-refractivity contribution in [1.29, 1.82) is 0 Å². The van der Waals surface area contributed by atoms with E-state index in [0.29, 0.717) is 17.0 Å². The van der Waals surface area contributed by atoms with Crippen LogP contribution in [0.1, 0.15) is 41.6 Å². The molecular formula is C24H27N3O2S. The third kappa shape index (κ3) is 5.32. The van der Waals surface area contributed by atoms with E-state index in [9.17, 15) is 9.59 Å². The molecule has 1 fully saturated rings. The topological polar surface area (TPSA) is 61.4 Å². The molecule has 2 N–H and O–H groups in total. The number of carbonyl (C=O) groups excluding carboxylic acids is 2. The highest BCUT2D eigenvalue weighted by Crippen LogP contribution is 2.38. The molecule has 2 heterocycles. The molecule has 0 bridgehead atoms. The van der Waals surface area contributed by atoms with Gasteiger partial charge in [-0.2, -0.15) is 0 Å². The maximum Gasteiger partial charge on any atom is 0.262 e. The Morgan fingerprint density at radius 2 is 1.77 bits per heavy atom. The Bertz CT molecular complexity index is 932. The number of hydrogen-bond acceptors (Lipinski definition) is 4. The molecule has 2 aromatic carbocycles. The van der Waals surface area contributed by atoms with Gasteiger partial charge in [0, 0.05) is 23.5 Å². The van der Waals surface area contributed by atoms with Gasteiger partial charge in [0.05, 0.1) is 10.6 Å². The molecule has 0 saturated carbocycles. The van der Waals surface area contributed by atoms with E-state index in [1.54, 1.807) is 0 Å². The van der Waals surface area contributed by atoms with Crippen LogP contribution < -0.4 is 10.6 Å². The number of likely N-dealkylation sites (tertiary alicyclic amines) is 1. The van der Waals surface area contributed by atoms with Crippen LogP contribution in [0.5, 0.6) is 0 Å². The van der Waals surface area contributed by atoms with Gasteiger partial charge in [-0.05, 0) is 61.8 Å². The van der Waals surface area contributed by atoms with Crippen molar-refractivity contribution in [3.63, 3.8) is 0 Å². The van der Waals surface area contributed by atoms with Crippen molar-refractivity contribution in [3.8, 4) is 0 Å². The number of benzene rings is 2. The Morgan fingerprint density at radius 1 is 1.03 bits per heavy atom. The maximum atomic E-state index is 12.4. The predicted octanol–water partition coefficient (Wildman–Crippen LogP) is 4.38. The molecule has 2 aliphatic rings. The van der Waals surface area contributed by atoms with Crippen LogP contribution in [0.3, 0.4) is 0 Å². The van der Waals surface area contributed by atoms with Gasteiger partial charge in [0.25, 0.3) is 11.8 Å². The zero-order valence-electron chi connectivity index (χ0n) is 17.0. The standard InChI is InChI=1S/C24H27N3O2S/c28-23(25-13-16-27-14-5-1-2-6-15-27)19-11-9-18(10-12-19)17-22-24(29)26-20-7-3-4-8-21(20)30-22/h3-4,7-12,17H,1-2,5-6,13-16H2,(H,25,28)(H,26,29). The van der Waals surface area contributed by atoms with Gasteiger partial charge in [-0.15, -0.1) is 0 Å². The van der Waals surface area contributed by atoms with Crippen LogP contribution in [-0.2, 0) is 4.79 Å². The lowest BCUT2D eigenvalue weighted by atomic mass is 10.1. The number of carbonyl (C=O) groups is 2. The van der Waals surface area contributed by atoms with Crippen molar-refractivity contribution in [2.45, 2.75) is 30.6 Å². The van der Waals surface area contributed by atoms with Gasteiger partial charge in [-0.1, -0.05) is 48.9 Å². The number of anilines is 1. The molecule has 2 amide bonds. The quantitative estimate of drug-likeness (QED) is 0.704. The Kier molecular flexibility index (Phi) is 6.87. The summed E-state index contributed by atoms with van der Waals surface area (Å²) in [5.41, 5.74) is 2.38. The number of para-hydroxylation sites is 1. The van der Waals surface area contributed by atoms with Crippen LogP contribution in [-0.4, -0.2) is 42.9 Å². The fraction of sp³-hybridized carbons (Fsp3) is 0.333. The van der Waals surface area contributed by atoms with Crippen LogP contribution in [0, 0.1) is 0 Å². The summed E-state index contributed by atoms with van der Waals surface area (Å²) in [5, 5.41) is 5.94. The molecule has 0 aliphatic carbocycles. The van der Waals surface area contributed by atoms with Crippen molar-refractivity contribution in [2.24, 2.45) is 0 Å². The van der Waals surface area contributed by atoms with E-state index in [-0.39, 0.29) is 11.8 Å². The van der Waals surface area contributed by atoms with Gasteiger partial charge < -0.3 is 15.5 Å². The first-order chi connectivity index (χ1) is 14.7. The third-order valence-electron chi connectivity index (χ3n) is 5.46. The van der Waals surface area contributed by atoms with E-state index in [1.165, 1.54) is 37.4 Å². The summed E-state index contributed by atoms with van der Waals surface area (Å²) < 4.78 is 0. The van der Waals surface area contributed by atoms with E-state index < -0.39 is 0 Å². The molecule has 4 rings (SSSR count). The first-order valence-corrected chi connectivity index (χ1v) is 11.4. The molecule has 0 radical (unpaired) electrons. The third-order valence-corrected chi connectivity index (χ3v) is 6.56. The molecule has 0 spiro atoms. The van der Waals surface area contributed by atoms with Crippen LogP contribution in [0.25, 0.3) is 6.08 Å². The van der Waals surface area contributed by atoms with Gasteiger partial charge in [-0.25, -0.2) is 0 Å². The Morgan fingerprint density at radius 3 is 2.53 bits per heavy atom. The summed E-state index contributed by atoms with van der Waals surface area (Å²) in [5.74, 6) is -0.156. The van der Waals surface area contributed by atoms with Gasteiger partial charge in [0.2, 0.25) is 0 Å². The summed E-state index contributed by atoms with van der Waals surface area (Å²) in [6.07, 6.45) is 7.01. The summed E-state index contributed by atoms with van der Waals surface area (Å²) in [6.45, 7) is 3.84. The molecule has 2 aromatic rings. The van der Waals surface area contributed by atoms with Gasteiger partial charge in [0.1, 0.15) is 0 Å². The van der Waals surface area contributed by atoms with Gasteiger partial charge in [0.15, 0.2) is 0 Å². The fourth-order valence-electron chi connectivity index (χ4n) is 3.77. The number of nitrogens with zero attached hydrogens (tertiary/aromatic N) is 1. The molecule has 1 saturated heterocycles. The lowest BCUT2D eigenvalue weighted by molar-refractivity contribution is -0.112. The van der Waals surface area contributed by atoms with Crippen LogP contribution >= 0.6 is 11.8 Å². The second-order valence-electron chi connectivity index (χ2n) is 7.69. The van der Waals surface area contributed by atoms with Crippen LogP contribution in [0.2, 0.25) is 0 Å². The van der Waals surface area contributed by atoms with Gasteiger partial charge in [-0.3, -0.25) is 9.59 Å². The zero-order chi connectivity index (χ0) is 20.8. The van der Waals surface area contributed by atoms with E-state index in [2.05, 4.69) is 15.5 Å². The smallest absolute Gasteiger partial charge is 0.262 e. The normalized spacial score (nSPS) is 18.4. The monoisotopic (exact) mass is 421 g/mol. The number of thioether (sulfide) groups is 1. The number of amides is 2. The Hall–Kier alpha value is -2.57.